The molecule has 128 valence electrons. The minimum Gasteiger partial charge on any atom is -0.395 e. The van der Waals surface area contributed by atoms with Crippen molar-refractivity contribution in [3.8, 4) is 0 Å². The molecule has 0 aliphatic rings. The summed E-state index contributed by atoms with van der Waals surface area (Å²) in [6.07, 6.45) is 2.59. The number of nitrogens with one attached hydrogen (secondary N) is 1. The molecule has 1 heterocycles. The molecule has 0 saturated carbocycles. The van der Waals surface area contributed by atoms with Crippen molar-refractivity contribution in [3.63, 3.8) is 0 Å². The van der Waals surface area contributed by atoms with Gasteiger partial charge in [-0.3, -0.25) is 9.78 Å². The minimum atomic E-state index is -0.111. The van der Waals surface area contributed by atoms with Gasteiger partial charge < -0.3 is 15.3 Å². The first-order chi connectivity index (χ1) is 11.5. The Morgan fingerprint density at radius 3 is 2.50 bits per heavy atom. The van der Waals surface area contributed by atoms with E-state index in [1.54, 1.807) is 12.1 Å². The maximum atomic E-state index is 12.5. The van der Waals surface area contributed by atoms with Crippen LogP contribution in [0.25, 0.3) is 0 Å². The highest BCUT2D eigenvalue weighted by molar-refractivity contribution is 5.94. The number of carbonyl (C=O) groups excluding carboxylic acids is 1. The number of benzene rings is 1. The Morgan fingerprint density at radius 1 is 1.25 bits per heavy atom. The third-order valence-corrected chi connectivity index (χ3v) is 4.01. The third-order valence-electron chi connectivity index (χ3n) is 4.01. The van der Waals surface area contributed by atoms with Gasteiger partial charge in [0.1, 0.15) is 0 Å². The van der Waals surface area contributed by atoms with Crippen LogP contribution < -0.4 is 10.2 Å². The van der Waals surface area contributed by atoms with E-state index in [-0.39, 0.29) is 18.6 Å². The van der Waals surface area contributed by atoms with E-state index in [0.717, 1.165) is 23.4 Å². The van der Waals surface area contributed by atoms with Gasteiger partial charge in [0.2, 0.25) is 0 Å². The maximum absolute atomic E-state index is 12.5. The molecule has 0 bridgehead atoms. The number of aromatic nitrogens is 1. The number of pyridine rings is 1. The first-order valence-electron chi connectivity index (χ1n) is 8.20. The number of hydrogen-bond donors (Lipinski definition) is 2. The first-order valence-corrected chi connectivity index (χ1v) is 8.20. The molecule has 0 aliphatic carbocycles. The monoisotopic (exact) mass is 327 g/mol. The number of nitrogens with zero attached hydrogens (tertiary/aromatic N) is 2. The van der Waals surface area contributed by atoms with Gasteiger partial charge in [0.15, 0.2) is 0 Å². The average molecular weight is 327 g/mol. The Kier molecular flexibility index (Phi) is 6.32. The highest BCUT2D eigenvalue weighted by Gasteiger charge is 2.15. The zero-order valence-electron chi connectivity index (χ0n) is 14.5. The molecule has 0 unspecified atom stereocenters. The van der Waals surface area contributed by atoms with Crippen LogP contribution in [0.5, 0.6) is 0 Å². The Hall–Kier alpha value is -2.40. The summed E-state index contributed by atoms with van der Waals surface area (Å²) in [5.41, 5.74) is 3.55. The number of aliphatic hydroxyl groups excluding tert-OH is 1. The van der Waals surface area contributed by atoms with E-state index in [1.807, 2.05) is 56.3 Å². The highest BCUT2D eigenvalue weighted by Crippen LogP contribution is 2.17. The Labute approximate surface area is 143 Å². The van der Waals surface area contributed by atoms with Crippen molar-refractivity contribution in [2.45, 2.75) is 26.3 Å². The quantitative estimate of drug-likeness (QED) is 0.820. The summed E-state index contributed by atoms with van der Waals surface area (Å²) in [4.78, 5) is 18.8. The Morgan fingerprint density at radius 2 is 1.96 bits per heavy atom. The van der Waals surface area contributed by atoms with Gasteiger partial charge in [-0.05, 0) is 49.2 Å². The number of amides is 1. The zero-order valence-corrected chi connectivity index (χ0v) is 14.5. The summed E-state index contributed by atoms with van der Waals surface area (Å²) in [6.45, 7) is 4.67. The van der Waals surface area contributed by atoms with E-state index in [4.69, 9.17) is 5.11 Å². The number of rotatable bonds is 7. The molecule has 1 aromatic heterocycles. The fraction of sp³-hybridized carbons (Fsp3) is 0.368. The molecule has 5 nitrogen and oxygen atoms in total. The molecule has 0 radical (unpaired) electrons. The predicted octanol–water partition coefficient (Wildman–Crippen LogP) is 2.70. The van der Waals surface area contributed by atoms with Gasteiger partial charge in [-0.1, -0.05) is 13.0 Å². The molecule has 5 heteroatoms. The van der Waals surface area contributed by atoms with Gasteiger partial charge in [-0.15, -0.1) is 0 Å². The molecule has 0 saturated heterocycles. The summed E-state index contributed by atoms with van der Waals surface area (Å²) < 4.78 is 0. The van der Waals surface area contributed by atoms with Crippen LogP contribution in [0.3, 0.4) is 0 Å². The number of hydrogen-bond acceptors (Lipinski definition) is 4. The van der Waals surface area contributed by atoms with Gasteiger partial charge in [0.05, 0.1) is 18.3 Å². The lowest BCUT2D eigenvalue weighted by Crippen LogP contribution is -2.28. The second-order valence-electron chi connectivity index (χ2n) is 5.89. The Bertz CT molecular complexity index is 653. The predicted molar refractivity (Wildman–Crippen MR) is 96.3 cm³/mol. The topological polar surface area (TPSA) is 65.5 Å². The van der Waals surface area contributed by atoms with Crippen molar-refractivity contribution in [1.29, 1.82) is 0 Å². The van der Waals surface area contributed by atoms with Crippen LogP contribution in [0, 0.1) is 6.92 Å². The second-order valence-corrected chi connectivity index (χ2v) is 5.89. The molecule has 0 spiro atoms. The highest BCUT2D eigenvalue weighted by atomic mass is 16.3. The fourth-order valence-electron chi connectivity index (χ4n) is 2.46. The van der Waals surface area contributed by atoms with Gasteiger partial charge in [-0.2, -0.15) is 0 Å². The van der Waals surface area contributed by atoms with Gasteiger partial charge in [-0.25, -0.2) is 0 Å². The lowest BCUT2D eigenvalue weighted by molar-refractivity contribution is 0.0934. The molecule has 1 atom stereocenters. The van der Waals surface area contributed by atoms with Gasteiger partial charge in [0.25, 0.3) is 5.91 Å². The number of aryl methyl sites for hydroxylation is 1. The van der Waals surface area contributed by atoms with Crippen molar-refractivity contribution >= 4 is 11.6 Å². The number of likely N-dealkylation sites (N-methyl/N-ethyl adjacent to an activating group) is 1. The average Bonchev–Trinajstić information content (AvgIpc) is 2.60. The molecule has 2 rings (SSSR count). The summed E-state index contributed by atoms with van der Waals surface area (Å²) in [6, 6.07) is 11.2. The van der Waals surface area contributed by atoms with Crippen LogP contribution in [-0.2, 0) is 0 Å². The molecule has 24 heavy (non-hydrogen) atoms. The smallest absolute Gasteiger partial charge is 0.251 e. The van der Waals surface area contributed by atoms with Crippen LogP contribution in [0.4, 0.5) is 5.69 Å². The van der Waals surface area contributed by atoms with E-state index in [1.165, 1.54) is 0 Å². The molecule has 1 amide bonds. The Balaban J connectivity index is 2.06. The summed E-state index contributed by atoms with van der Waals surface area (Å²) in [5, 5.41) is 12.0. The molecule has 2 N–H and O–H groups in total. The van der Waals surface area contributed by atoms with Crippen molar-refractivity contribution in [2.75, 3.05) is 25.1 Å². The van der Waals surface area contributed by atoms with Crippen LogP contribution in [0.2, 0.25) is 0 Å². The summed E-state index contributed by atoms with van der Waals surface area (Å²) in [7, 11) is 1.90. The summed E-state index contributed by atoms with van der Waals surface area (Å²) in [5.74, 6) is -0.111. The molecule has 2 aromatic rings. The normalized spacial score (nSPS) is 11.8. The van der Waals surface area contributed by atoms with Crippen LogP contribution >= 0.6 is 0 Å². The maximum Gasteiger partial charge on any atom is 0.251 e. The molecular formula is C19H25N3O2. The largest absolute Gasteiger partial charge is 0.395 e. The molecule has 1 aromatic carbocycles. The van der Waals surface area contributed by atoms with Crippen LogP contribution in [0.1, 0.15) is 41.0 Å². The van der Waals surface area contributed by atoms with E-state index < -0.39 is 0 Å². The lowest BCUT2D eigenvalue weighted by atomic mass is 10.1. The first kappa shape index (κ1) is 17.9. The van der Waals surface area contributed by atoms with Crippen LogP contribution in [-0.4, -0.2) is 36.2 Å². The second kappa shape index (κ2) is 8.45. The zero-order chi connectivity index (χ0) is 17.5. The fourth-order valence-corrected chi connectivity index (χ4v) is 2.46. The SMILES string of the molecule is CC[C@@H](NC(=O)c1ccc(N(C)CCO)cc1)c1ccc(C)cn1. The van der Waals surface area contributed by atoms with Gasteiger partial charge in [0, 0.05) is 31.0 Å². The van der Waals surface area contributed by atoms with Crippen molar-refractivity contribution in [2.24, 2.45) is 0 Å². The van der Waals surface area contributed by atoms with Crippen molar-refractivity contribution in [3.05, 3.63) is 59.4 Å². The number of anilines is 1. The molecule has 0 fully saturated rings. The van der Waals surface area contributed by atoms with Crippen molar-refractivity contribution in [1.82, 2.24) is 10.3 Å². The standard InChI is InChI=1S/C19H25N3O2/c1-4-17(18-10-5-14(2)13-20-18)21-19(24)15-6-8-16(9-7-15)22(3)11-12-23/h5-10,13,17,23H,4,11-12H2,1-3H3,(H,21,24)/t17-/m1/s1. The van der Waals surface area contributed by atoms with Gasteiger partial charge >= 0.3 is 0 Å². The number of aliphatic hydroxyl groups is 1. The third kappa shape index (κ3) is 4.55. The summed E-state index contributed by atoms with van der Waals surface area (Å²) >= 11 is 0. The molecule has 0 aliphatic heterocycles. The van der Waals surface area contributed by atoms with Crippen LogP contribution in [0.15, 0.2) is 42.6 Å². The van der Waals surface area contributed by atoms with E-state index >= 15 is 0 Å². The van der Waals surface area contributed by atoms with E-state index in [0.29, 0.717) is 12.1 Å². The minimum absolute atomic E-state index is 0.0977. The lowest BCUT2D eigenvalue weighted by Gasteiger charge is -2.19. The van der Waals surface area contributed by atoms with E-state index in [9.17, 15) is 4.79 Å². The molecular weight excluding hydrogens is 302 g/mol. The number of carbonyl (C=O) groups is 1. The van der Waals surface area contributed by atoms with Crippen molar-refractivity contribution < 1.29 is 9.90 Å². The van der Waals surface area contributed by atoms with E-state index in [2.05, 4.69) is 10.3 Å².